The summed E-state index contributed by atoms with van der Waals surface area (Å²) in [5.41, 5.74) is 8.91. The zero-order chi connectivity index (χ0) is 15.4. The van der Waals surface area contributed by atoms with Crippen LogP contribution in [0.1, 0.15) is 49.1 Å². The zero-order valence-corrected chi connectivity index (χ0v) is 13.5. The first-order valence-electron chi connectivity index (χ1n) is 8.01. The van der Waals surface area contributed by atoms with Gasteiger partial charge in [0.2, 0.25) is 5.91 Å². The smallest absolute Gasteiger partial charge is 0.224 e. The van der Waals surface area contributed by atoms with E-state index < -0.39 is 0 Å². The first-order chi connectivity index (χ1) is 10.0. The number of nitrogens with two attached hydrogens (primary N) is 1. The van der Waals surface area contributed by atoms with E-state index in [1.54, 1.807) is 0 Å². The molecule has 0 aliphatic heterocycles. The Kier molecular flexibility index (Phi) is 5.39. The van der Waals surface area contributed by atoms with Crippen LogP contribution in [0.2, 0.25) is 0 Å². The predicted octanol–water partition coefficient (Wildman–Crippen LogP) is 1.60. The van der Waals surface area contributed by atoms with Gasteiger partial charge in [-0.3, -0.25) is 9.48 Å². The summed E-state index contributed by atoms with van der Waals surface area (Å²) in [5.74, 6) is 0.610. The SMILES string of the molecule is Cc1nn(C)c(C)c1CC(=O)NC(CN)C1CCCCC1. The van der Waals surface area contributed by atoms with Crippen LogP contribution in [0.5, 0.6) is 0 Å². The van der Waals surface area contributed by atoms with Gasteiger partial charge in [0.05, 0.1) is 12.1 Å². The highest BCUT2D eigenvalue weighted by atomic mass is 16.1. The van der Waals surface area contributed by atoms with Crippen LogP contribution in [0.25, 0.3) is 0 Å². The molecule has 1 aromatic rings. The first-order valence-corrected chi connectivity index (χ1v) is 8.01. The lowest BCUT2D eigenvalue weighted by molar-refractivity contribution is -0.121. The summed E-state index contributed by atoms with van der Waals surface area (Å²) in [7, 11) is 1.91. The lowest BCUT2D eigenvalue weighted by atomic mass is 9.84. The number of nitrogens with zero attached hydrogens (tertiary/aromatic N) is 2. The highest BCUT2D eigenvalue weighted by Crippen LogP contribution is 2.26. The van der Waals surface area contributed by atoms with Gasteiger partial charge in [0.25, 0.3) is 0 Å². The average Bonchev–Trinajstić information content (AvgIpc) is 2.72. The van der Waals surface area contributed by atoms with Crippen LogP contribution in [0, 0.1) is 19.8 Å². The van der Waals surface area contributed by atoms with Crippen molar-refractivity contribution >= 4 is 5.91 Å². The van der Waals surface area contributed by atoms with E-state index in [1.807, 2.05) is 25.6 Å². The standard InChI is InChI=1S/C16H28N4O/c1-11-14(12(2)20(3)19-11)9-16(21)18-15(10-17)13-7-5-4-6-8-13/h13,15H,4-10,17H2,1-3H3,(H,18,21). The number of aryl methyl sites for hydroxylation is 2. The molecular formula is C16H28N4O. The Morgan fingerprint density at radius 3 is 2.57 bits per heavy atom. The van der Waals surface area contributed by atoms with Gasteiger partial charge in [0.1, 0.15) is 0 Å². The van der Waals surface area contributed by atoms with E-state index in [2.05, 4.69) is 10.4 Å². The normalized spacial score (nSPS) is 17.7. The molecule has 0 bridgehead atoms. The van der Waals surface area contributed by atoms with Crippen LogP contribution in [-0.2, 0) is 18.3 Å². The topological polar surface area (TPSA) is 72.9 Å². The summed E-state index contributed by atoms with van der Waals surface area (Å²) in [6.45, 7) is 4.49. The third-order valence-corrected chi connectivity index (χ3v) is 4.82. The van der Waals surface area contributed by atoms with Crippen molar-refractivity contribution in [2.45, 2.75) is 58.4 Å². The molecule has 0 spiro atoms. The average molecular weight is 292 g/mol. The molecular weight excluding hydrogens is 264 g/mol. The van der Waals surface area contributed by atoms with Crippen molar-refractivity contribution < 1.29 is 4.79 Å². The summed E-state index contributed by atoms with van der Waals surface area (Å²) < 4.78 is 1.83. The molecule has 0 aromatic carbocycles. The molecule has 1 aliphatic carbocycles. The molecule has 1 fully saturated rings. The van der Waals surface area contributed by atoms with Crippen LogP contribution in [-0.4, -0.2) is 28.3 Å². The molecule has 1 heterocycles. The van der Waals surface area contributed by atoms with Gasteiger partial charge in [-0.05, 0) is 32.6 Å². The summed E-state index contributed by atoms with van der Waals surface area (Å²) in [6, 6.07) is 0.120. The molecule has 3 N–H and O–H groups in total. The van der Waals surface area contributed by atoms with E-state index >= 15 is 0 Å². The van der Waals surface area contributed by atoms with E-state index in [0.29, 0.717) is 18.9 Å². The highest BCUT2D eigenvalue weighted by molar-refractivity contribution is 5.79. The fourth-order valence-electron chi connectivity index (χ4n) is 3.40. The van der Waals surface area contributed by atoms with Gasteiger partial charge in [-0.15, -0.1) is 0 Å². The van der Waals surface area contributed by atoms with Crippen LogP contribution >= 0.6 is 0 Å². The van der Waals surface area contributed by atoms with Gasteiger partial charge in [0, 0.05) is 30.9 Å². The van der Waals surface area contributed by atoms with Crippen molar-refractivity contribution in [3.63, 3.8) is 0 Å². The third kappa shape index (κ3) is 3.84. The van der Waals surface area contributed by atoms with E-state index in [9.17, 15) is 4.79 Å². The Balaban J connectivity index is 1.96. The largest absolute Gasteiger partial charge is 0.352 e. The maximum atomic E-state index is 12.3. The molecule has 2 rings (SSSR count). The van der Waals surface area contributed by atoms with Crippen LogP contribution in [0.15, 0.2) is 0 Å². The fraction of sp³-hybridized carbons (Fsp3) is 0.750. The number of carbonyl (C=O) groups is 1. The quantitative estimate of drug-likeness (QED) is 0.866. The minimum Gasteiger partial charge on any atom is -0.352 e. The molecule has 5 heteroatoms. The van der Waals surface area contributed by atoms with Gasteiger partial charge in [0.15, 0.2) is 0 Å². The van der Waals surface area contributed by atoms with Crippen LogP contribution < -0.4 is 11.1 Å². The molecule has 5 nitrogen and oxygen atoms in total. The molecule has 1 amide bonds. The van der Waals surface area contributed by atoms with E-state index in [4.69, 9.17) is 5.73 Å². The number of hydrogen-bond donors (Lipinski definition) is 2. The van der Waals surface area contributed by atoms with Crippen molar-refractivity contribution in [3.05, 3.63) is 17.0 Å². The maximum absolute atomic E-state index is 12.3. The highest BCUT2D eigenvalue weighted by Gasteiger charge is 2.24. The number of nitrogens with one attached hydrogen (secondary N) is 1. The van der Waals surface area contributed by atoms with Crippen molar-refractivity contribution in [2.75, 3.05) is 6.54 Å². The predicted molar refractivity (Wildman–Crippen MR) is 83.9 cm³/mol. The van der Waals surface area contributed by atoms with Gasteiger partial charge >= 0.3 is 0 Å². The fourth-order valence-corrected chi connectivity index (χ4v) is 3.40. The molecule has 1 aromatic heterocycles. The molecule has 1 unspecified atom stereocenters. The second-order valence-electron chi connectivity index (χ2n) is 6.26. The Bertz CT molecular complexity index is 489. The van der Waals surface area contributed by atoms with Crippen molar-refractivity contribution in [3.8, 4) is 0 Å². The molecule has 118 valence electrons. The summed E-state index contributed by atoms with van der Waals surface area (Å²) in [5, 5.41) is 7.51. The second-order valence-corrected chi connectivity index (χ2v) is 6.26. The van der Waals surface area contributed by atoms with Crippen LogP contribution in [0.3, 0.4) is 0 Å². The Hall–Kier alpha value is -1.36. The number of carbonyl (C=O) groups excluding carboxylic acids is 1. The lowest BCUT2D eigenvalue weighted by Gasteiger charge is -2.30. The molecule has 0 radical (unpaired) electrons. The monoisotopic (exact) mass is 292 g/mol. The number of aromatic nitrogens is 2. The minimum absolute atomic E-state index is 0.0650. The van der Waals surface area contributed by atoms with Crippen molar-refractivity contribution in [1.29, 1.82) is 0 Å². The zero-order valence-electron chi connectivity index (χ0n) is 13.5. The van der Waals surface area contributed by atoms with E-state index in [1.165, 1.54) is 32.1 Å². The molecule has 21 heavy (non-hydrogen) atoms. The van der Waals surface area contributed by atoms with Crippen LogP contribution in [0.4, 0.5) is 0 Å². The Morgan fingerprint density at radius 2 is 2.05 bits per heavy atom. The van der Waals surface area contributed by atoms with Crippen molar-refractivity contribution in [2.24, 2.45) is 18.7 Å². The van der Waals surface area contributed by atoms with Gasteiger partial charge in [-0.1, -0.05) is 19.3 Å². The Labute approximate surface area is 127 Å². The second kappa shape index (κ2) is 7.07. The minimum atomic E-state index is 0.0650. The number of hydrogen-bond acceptors (Lipinski definition) is 3. The van der Waals surface area contributed by atoms with Gasteiger partial charge < -0.3 is 11.1 Å². The third-order valence-electron chi connectivity index (χ3n) is 4.82. The summed E-state index contributed by atoms with van der Waals surface area (Å²) >= 11 is 0. The van der Waals surface area contributed by atoms with E-state index in [-0.39, 0.29) is 11.9 Å². The number of amides is 1. The molecule has 0 saturated heterocycles. The van der Waals surface area contributed by atoms with Crippen molar-refractivity contribution in [1.82, 2.24) is 15.1 Å². The summed E-state index contributed by atoms with van der Waals surface area (Å²) in [6.07, 6.45) is 6.61. The Morgan fingerprint density at radius 1 is 1.38 bits per heavy atom. The molecule has 1 aliphatic rings. The molecule has 1 saturated carbocycles. The maximum Gasteiger partial charge on any atom is 0.224 e. The summed E-state index contributed by atoms with van der Waals surface area (Å²) in [4.78, 5) is 12.3. The number of rotatable bonds is 5. The van der Waals surface area contributed by atoms with Gasteiger partial charge in [-0.2, -0.15) is 5.10 Å². The van der Waals surface area contributed by atoms with E-state index in [0.717, 1.165) is 17.0 Å². The van der Waals surface area contributed by atoms with Gasteiger partial charge in [-0.25, -0.2) is 0 Å². The molecule has 1 atom stereocenters. The first kappa shape index (κ1) is 16.0. The lowest BCUT2D eigenvalue weighted by Crippen LogP contribution is -2.46.